The van der Waals surface area contributed by atoms with Crippen LogP contribution in [-0.4, -0.2) is 13.1 Å². The summed E-state index contributed by atoms with van der Waals surface area (Å²) in [5, 5.41) is 0. The average molecular weight is 217 g/mol. The molecule has 1 aromatic rings. The fourth-order valence-electron chi connectivity index (χ4n) is 2.66. The summed E-state index contributed by atoms with van der Waals surface area (Å²) < 4.78 is 0. The van der Waals surface area contributed by atoms with Crippen molar-refractivity contribution in [3.8, 4) is 0 Å². The first-order chi connectivity index (χ1) is 7.54. The molecule has 1 heterocycles. The summed E-state index contributed by atoms with van der Waals surface area (Å²) in [5.41, 5.74) is 4.69. The van der Waals surface area contributed by atoms with Gasteiger partial charge in [0, 0.05) is 24.2 Å². The summed E-state index contributed by atoms with van der Waals surface area (Å²) in [6.45, 7) is 11.5. The zero-order valence-electron chi connectivity index (χ0n) is 11.0. The molecule has 88 valence electrons. The molecule has 1 aliphatic rings. The highest BCUT2D eigenvalue weighted by Gasteiger charge is 2.34. The third kappa shape index (κ3) is 1.95. The molecule has 0 amide bonds. The molecule has 1 aromatic carbocycles. The number of unbranched alkanes of at least 4 members (excludes halogenated alkanes) is 1. The molecule has 1 aliphatic heterocycles. The summed E-state index contributed by atoms with van der Waals surface area (Å²) >= 11 is 0. The van der Waals surface area contributed by atoms with Gasteiger partial charge in [-0.25, -0.2) is 0 Å². The Morgan fingerprint density at radius 3 is 2.75 bits per heavy atom. The van der Waals surface area contributed by atoms with Crippen LogP contribution >= 0.6 is 0 Å². The molecule has 2 rings (SSSR count). The van der Waals surface area contributed by atoms with Crippen LogP contribution in [0.25, 0.3) is 0 Å². The normalized spacial score (nSPS) is 17.6. The lowest BCUT2D eigenvalue weighted by molar-refractivity contribution is 0.545. The minimum atomic E-state index is 0.315. The number of benzene rings is 1. The number of hydrogen-bond acceptors (Lipinski definition) is 1. The van der Waals surface area contributed by atoms with Gasteiger partial charge in [0.05, 0.1) is 0 Å². The van der Waals surface area contributed by atoms with E-state index in [9.17, 15) is 0 Å². The number of fused-ring (bicyclic) bond motifs is 1. The Hall–Kier alpha value is -0.980. The van der Waals surface area contributed by atoms with Crippen LogP contribution in [0, 0.1) is 6.92 Å². The SMILES string of the molecule is CCCCN1CC(C)(C)c2cc(C)ccc21. The van der Waals surface area contributed by atoms with Crippen molar-refractivity contribution in [2.75, 3.05) is 18.0 Å². The summed E-state index contributed by atoms with van der Waals surface area (Å²) in [6.07, 6.45) is 2.57. The van der Waals surface area contributed by atoms with Gasteiger partial charge in [-0.15, -0.1) is 0 Å². The van der Waals surface area contributed by atoms with Crippen molar-refractivity contribution >= 4 is 5.69 Å². The Morgan fingerprint density at radius 1 is 1.31 bits per heavy atom. The monoisotopic (exact) mass is 217 g/mol. The molecule has 0 saturated heterocycles. The van der Waals surface area contributed by atoms with Gasteiger partial charge in [0.2, 0.25) is 0 Å². The largest absolute Gasteiger partial charge is 0.370 e. The van der Waals surface area contributed by atoms with E-state index in [2.05, 4.69) is 50.8 Å². The fourth-order valence-corrected chi connectivity index (χ4v) is 2.66. The van der Waals surface area contributed by atoms with Crippen molar-refractivity contribution in [1.82, 2.24) is 0 Å². The van der Waals surface area contributed by atoms with Gasteiger partial charge >= 0.3 is 0 Å². The van der Waals surface area contributed by atoms with Crippen LogP contribution in [-0.2, 0) is 5.41 Å². The highest BCUT2D eigenvalue weighted by molar-refractivity contribution is 5.63. The molecule has 0 aromatic heterocycles. The quantitative estimate of drug-likeness (QED) is 0.742. The van der Waals surface area contributed by atoms with Gasteiger partial charge in [-0.2, -0.15) is 0 Å². The second-order valence-corrected chi connectivity index (χ2v) is 5.68. The van der Waals surface area contributed by atoms with Crippen molar-refractivity contribution < 1.29 is 0 Å². The van der Waals surface area contributed by atoms with Crippen molar-refractivity contribution in [1.29, 1.82) is 0 Å². The number of nitrogens with zero attached hydrogens (tertiary/aromatic N) is 1. The molecule has 0 N–H and O–H groups in total. The van der Waals surface area contributed by atoms with E-state index in [1.54, 1.807) is 0 Å². The molecule has 1 heteroatoms. The second kappa shape index (κ2) is 4.12. The minimum Gasteiger partial charge on any atom is -0.370 e. The highest BCUT2D eigenvalue weighted by Crippen LogP contribution is 2.40. The highest BCUT2D eigenvalue weighted by atomic mass is 15.2. The molecule has 16 heavy (non-hydrogen) atoms. The Labute approximate surface area is 99.5 Å². The van der Waals surface area contributed by atoms with Crippen LogP contribution in [0.3, 0.4) is 0 Å². The topological polar surface area (TPSA) is 3.24 Å². The second-order valence-electron chi connectivity index (χ2n) is 5.68. The van der Waals surface area contributed by atoms with Gasteiger partial charge in [-0.1, -0.05) is 44.9 Å². The van der Waals surface area contributed by atoms with Gasteiger partial charge in [-0.05, 0) is 25.0 Å². The summed E-state index contributed by atoms with van der Waals surface area (Å²) in [4.78, 5) is 2.55. The Bertz CT molecular complexity index is 379. The van der Waals surface area contributed by atoms with Crippen LogP contribution < -0.4 is 4.90 Å². The molecular formula is C15H23N. The third-order valence-electron chi connectivity index (χ3n) is 3.59. The Kier molecular flexibility index (Phi) is 2.96. The van der Waals surface area contributed by atoms with Crippen LogP contribution in [0.5, 0.6) is 0 Å². The maximum atomic E-state index is 2.55. The van der Waals surface area contributed by atoms with Crippen LogP contribution in [0.4, 0.5) is 5.69 Å². The predicted molar refractivity (Wildman–Crippen MR) is 71.3 cm³/mol. The van der Waals surface area contributed by atoms with Crippen LogP contribution in [0.2, 0.25) is 0 Å². The van der Waals surface area contributed by atoms with E-state index in [0.717, 1.165) is 0 Å². The zero-order chi connectivity index (χ0) is 11.8. The lowest BCUT2D eigenvalue weighted by Gasteiger charge is -2.22. The average Bonchev–Trinajstić information content (AvgIpc) is 2.48. The van der Waals surface area contributed by atoms with E-state index in [1.165, 1.54) is 42.7 Å². The first-order valence-corrected chi connectivity index (χ1v) is 6.40. The molecule has 0 saturated carbocycles. The van der Waals surface area contributed by atoms with Gasteiger partial charge in [0.1, 0.15) is 0 Å². The first-order valence-electron chi connectivity index (χ1n) is 6.40. The van der Waals surface area contributed by atoms with Gasteiger partial charge < -0.3 is 4.90 Å². The molecule has 0 radical (unpaired) electrons. The molecule has 0 bridgehead atoms. The zero-order valence-corrected chi connectivity index (χ0v) is 11.0. The molecular weight excluding hydrogens is 194 g/mol. The van der Waals surface area contributed by atoms with E-state index in [4.69, 9.17) is 0 Å². The van der Waals surface area contributed by atoms with Crippen LogP contribution in [0.15, 0.2) is 18.2 Å². The maximum absolute atomic E-state index is 2.55. The third-order valence-corrected chi connectivity index (χ3v) is 3.59. The van der Waals surface area contributed by atoms with E-state index in [0.29, 0.717) is 5.41 Å². The molecule has 1 nitrogen and oxygen atoms in total. The lowest BCUT2D eigenvalue weighted by Crippen LogP contribution is -2.29. The molecule has 0 unspecified atom stereocenters. The molecule has 0 spiro atoms. The standard InChI is InChI=1S/C15H23N/c1-5-6-9-16-11-15(3,4)13-10-12(2)7-8-14(13)16/h7-8,10H,5-6,9,11H2,1-4H3. The van der Waals surface area contributed by atoms with Gasteiger partial charge in [0.25, 0.3) is 0 Å². The minimum absolute atomic E-state index is 0.315. The van der Waals surface area contributed by atoms with Gasteiger partial charge in [-0.3, -0.25) is 0 Å². The van der Waals surface area contributed by atoms with Crippen molar-refractivity contribution in [3.05, 3.63) is 29.3 Å². The van der Waals surface area contributed by atoms with Crippen molar-refractivity contribution in [2.45, 2.75) is 46.0 Å². The van der Waals surface area contributed by atoms with E-state index in [-0.39, 0.29) is 0 Å². The molecule has 0 aliphatic carbocycles. The van der Waals surface area contributed by atoms with Crippen molar-refractivity contribution in [3.63, 3.8) is 0 Å². The predicted octanol–water partition coefficient (Wildman–Crippen LogP) is 3.89. The smallest absolute Gasteiger partial charge is 0.0405 e. The lowest BCUT2D eigenvalue weighted by atomic mass is 9.86. The summed E-state index contributed by atoms with van der Waals surface area (Å²) in [6, 6.07) is 6.90. The molecule has 0 atom stereocenters. The fraction of sp³-hybridized carbons (Fsp3) is 0.600. The van der Waals surface area contributed by atoms with Crippen LogP contribution in [0.1, 0.15) is 44.7 Å². The summed E-state index contributed by atoms with van der Waals surface area (Å²) in [7, 11) is 0. The Morgan fingerprint density at radius 2 is 2.06 bits per heavy atom. The van der Waals surface area contributed by atoms with E-state index >= 15 is 0 Å². The van der Waals surface area contributed by atoms with Gasteiger partial charge in [0.15, 0.2) is 0 Å². The number of hydrogen-bond donors (Lipinski definition) is 0. The molecule has 0 fully saturated rings. The van der Waals surface area contributed by atoms with E-state index in [1.807, 2.05) is 0 Å². The number of rotatable bonds is 3. The number of aryl methyl sites for hydroxylation is 1. The first kappa shape index (κ1) is 11.5. The Balaban J connectivity index is 2.31. The maximum Gasteiger partial charge on any atom is 0.0405 e. The number of anilines is 1. The van der Waals surface area contributed by atoms with Crippen molar-refractivity contribution in [2.24, 2.45) is 0 Å². The van der Waals surface area contributed by atoms with E-state index < -0.39 is 0 Å². The summed E-state index contributed by atoms with van der Waals surface area (Å²) in [5.74, 6) is 0.